The van der Waals surface area contributed by atoms with E-state index in [1.807, 2.05) is 4.72 Å². The monoisotopic (exact) mass is 617 g/mol. The molecule has 3 aromatic rings. The number of carbonyl (C=O) groups excluding carboxylic acids is 2. The number of hydrogen-bond donors (Lipinski definition) is 1. The number of aromatic nitrogens is 1. The molecular formula is C32H38N4O6S. The third-order valence-electron chi connectivity index (χ3n) is 7.81. The largest absolute Gasteiger partial charge is 0.497 e. The highest BCUT2D eigenvalue weighted by Crippen LogP contribution is 2.47. The maximum atomic E-state index is 14.3. The van der Waals surface area contributed by atoms with Crippen molar-refractivity contribution in [2.75, 3.05) is 47.4 Å². The first kappa shape index (κ1) is 18.9. The van der Waals surface area contributed by atoms with Crippen LogP contribution in [0.1, 0.15) is 74.4 Å². The van der Waals surface area contributed by atoms with Crippen LogP contribution in [0, 0.1) is 0 Å². The predicted octanol–water partition coefficient (Wildman–Crippen LogP) is 4.16. The van der Waals surface area contributed by atoms with E-state index in [-0.39, 0.29) is 70.9 Å². The van der Waals surface area contributed by atoms with E-state index in [4.69, 9.17) is 21.8 Å². The first-order chi connectivity index (χ1) is 24.8. The van der Waals surface area contributed by atoms with Gasteiger partial charge in [-0.15, -0.1) is 0 Å². The van der Waals surface area contributed by atoms with E-state index in [0.717, 1.165) is 8.87 Å². The summed E-state index contributed by atoms with van der Waals surface area (Å²) in [5.41, 5.74) is -0.175. The van der Waals surface area contributed by atoms with Crippen LogP contribution in [-0.4, -0.2) is 81.4 Å². The average molecular weight is 618 g/mol. The van der Waals surface area contributed by atoms with Gasteiger partial charge in [0.2, 0.25) is 0 Å². The van der Waals surface area contributed by atoms with Gasteiger partial charge in [-0.3, -0.25) is 9.59 Å². The molecule has 3 aliphatic rings. The Labute approximate surface area is 267 Å². The molecule has 2 aliphatic heterocycles. The second-order valence-corrected chi connectivity index (χ2v) is 12.3. The van der Waals surface area contributed by atoms with E-state index in [2.05, 4.69) is 0 Å². The van der Waals surface area contributed by atoms with Gasteiger partial charge in [-0.2, -0.15) is 12.7 Å². The smallest absolute Gasteiger partial charge is 0.303 e. The molecule has 2 aromatic carbocycles. The molecule has 11 heteroatoms. The van der Waals surface area contributed by atoms with Crippen molar-refractivity contribution >= 4 is 39.0 Å². The van der Waals surface area contributed by atoms with Crippen LogP contribution in [0.4, 0.5) is 0 Å². The van der Waals surface area contributed by atoms with Gasteiger partial charge in [-0.25, -0.2) is 4.72 Å². The van der Waals surface area contributed by atoms with Crippen molar-refractivity contribution in [3.8, 4) is 17.0 Å². The summed E-state index contributed by atoms with van der Waals surface area (Å²) in [5.74, 6) is -3.13. The van der Waals surface area contributed by atoms with Crippen LogP contribution in [0.25, 0.3) is 28.2 Å². The van der Waals surface area contributed by atoms with Gasteiger partial charge in [0.15, 0.2) is 0 Å². The molecule has 0 unspecified atom stereocenters. The molecule has 1 N–H and O–H groups in total. The first-order valence-corrected chi connectivity index (χ1v) is 15.1. The molecule has 1 saturated carbocycles. The van der Waals surface area contributed by atoms with Gasteiger partial charge >= 0.3 is 10.2 Å². The summed E-state index contributed by atoms with van der Waals surface area (Å²) in [6.07, 6.45) is -8.20. The normalized spacial score (nSPS) is 29.2. The SMILES string of the molecule is [2H]C([2H])([2H])Oc1ccc2c(c1)C=C1C(=O)N(C)CCOCCN(C)S(=O)(=O)NC(=O)c3ccc4c(C5CC([2H])([2H])C([2H])([2H])C([2H])([2H])C5)c-2n(c4c3)C1([2H])[2H]. The molecule has 10 nitrogen and oxygen atoms in total. The van der Waals surface area contributed by atoms with E-state index in [9.17, 15) is 20.7 Å². The number of ether oxygens (including phenoxy) is 2. The minimum absolute atomic E-state index is 0.0253. The number of fused-ring (bicyclic) bond motifs is 4. The third-order valence-corrected chi connectivity index (χ3v) is 9.26. The lowest BCUT2D eigenvalue weighted by Gasteiger charge is -2.24. The van der Waals surface area contributed by atoms with Crippen LogP contribution in [0.15, 0.2) is 42.0 Å². The van der Waals surface area contributed by atoms with Crippen molar-refractivity contribution in [2.45, 2.75) is 44.4 Å². The molecule has 4 bridgehead atoms. The third kappa shape index (κ3) is 5.57. The number of rotatable bonds is 2. The van der Waals surface area contributed by atoms with Crippen LogP contribution in [0.2, 0.25) is 0 Å². The van der Waals surface area contributed by atoms with Crippen LogP contribution >= 0.6 is 0 Å². The molecule has 3 heterocycles. The lowest BCUT2D eigenvalue weighted by molar-refractivity contribution is -0.126. The average Bonchev–Trinajstić information content (AvgIpc) is 3.34. The van der Waals surface area contributed by atoms with Crippen molar-refractivity contribution in [1.82, 2.24) is 18.5 Å². The van der Waals surface area contributed by atoms with Crippen LogP contribution < -0.4 is 9.46 Å². The van der Waals surface area contributed by atoms with Crippen molar-refractivity contribution in [3.05, 3.63) is 58.7 Å². The standard InChI is InChI=1S/C32H38N4O6S/c1-34-13-15-42-16-14-35(2)43(39,40)33-31(37)22-9-11-27-28(19-22)36-20-24(32(34)38)17-23-18-25(41-3)10-12-26(23)30(36)29(27)21-7-5-4-6-8-21/h9-12,17-19,21H,4-8,13-16,20H2,1-3H3,(H,33,37)/i3D3,4D2,5D2,6D2,20D2. The Bertz CT molecular complexity index is 2170. The van der Waals surface area contributed by atoms with E-state index in [1.165, 1.54) is 61.5 Å². The van der Waals surface area contributed by atoms with Gasteiger partial charge in [-0.05, 0) is 66.3 Å². The maximum Gasteiger partial charge on any atom is 0.303 e. The Hall–Kier alpha value is -3.67. The molecule has 0 radical (unpaired) electrons. The topological polar surface area (TPSA) is 110 Å². The van der Waals surface area contributed by atoms with E-state index < -0.39 is 79.0 Å². The lowest BCUT2D eigenvalue weighted by atomic mass is 9.81. The fraction of sp³-hybridized carbons (Fsp3) is 0.438. The summed E-state index contributed by atoms with van der Waals surface area (Å²) in [6.45, 7) is -3.18. The number of likely N-dealkylation sites (N-methyl/N-ethyl adjacent to an activating group) is 2. The van der Waals surface area contributed by atoms with Gasteiger partial charge in [0.05, 0.1) is 39.3 Å². The number of nitrogens with zero attached hydrogens (tertiary/aromatic N) is 3. The summed E-state index contributed by atoms with van der Waals surface area (Å²) < 4.78 is 134. The fourth-order valence-corrected chi connectivity index (χ4v) is 6.29. The molecule has 2 amide bonds. The highest BCUT2D eigenvalue weighted by atomic mass is 32.2. The number of carbonyl (C=O) groups is 2. The molecule has 43 heavy (non-hydrogen) atoms. The quantitative estimate of drug-likeness (QED) is 0.463. The van der Waals surface area contributed by atoms with E-state index >= 15 is 0 Å². The number of methoxy groups -OCH3 is 1. The fourth-order valence-electron chi connectivity index (χ4n) is 5.47. The Balaban J connectivity index is 1.72. The van der Waals surface area contributed by atoms with Gasteiger partial charge in [-0.1, -0.05) is 25.2 Å². The summed E-state index contributed by atoms with van der Waals surface area (Å²) in [7, 11) is -4.62. The number of nitrogens with one attached hydrogen (secondary N) is 1. The van der Waals surface area contributed by atoms with Crippen LogP contribution in [-0.2, 0) is 26.2 Å². The second kappa shape index (κ2) is 11.8. The molecule has 228 valence electrons. The zero-order valence-electron chi connectivity index (χ0n) is 34.6. The second-order valence-electron chi connectivity index (χ2n) is 10.5. The number of benzene rings is 2. The summed E-state index contributed by atoms with van der Waals surface area (Å²) in [6, 6.07) is 7.94. The highest BCUT2D eigenvalue weighted by molar-refractivity contribution is 7.87. The maximum absolute atomic E-state index is 14.3. The Morgan fingerprint density at radius 2 is 1.84 bits per heavy atom. The molecular weight excluding hydrogens is 568 g/mol. The minimum atomic E-state index is -4.39. The summed E-state index contributed by atoms with van der Waals surface area (Å²) in [5, 5.41) is 0.201. The number of hydrogen-bond acceptors (Lipinski definition) is 6. The van der Waals surface area contributed by atoms with Gasteiger partial charge in [0.1, 0.15) is 5.75 Å². The summed E-state index contributed by atoms with van der Waals surface area (Å²) >= 11 is 0. The molecule has 0 spiro atoms. The first-order valence-electron chi connectivity index (χ1n) is 19.2. The van der Waals surface area contributed by atoms with Crippen LogP contribution in [0.3, 0.4) is 0 Å². The van der Waals surface area contributed by atoms with Gasteiger partial charge in [0.25, 0.3) is 11.8 Å². The predicted molar refractivity (Wildman–Crippen MR) is 165 cm³/mol. The van der Waals surface area contributed by atoms with Crippen molar-refractivity contribution in [3.63, 3.8) is 0 Å². The Kier molecular flexibility index (Phi) is 5.17. The van der Waals surface area contributed by atoms with Gasteiger partial charge in [0, 0.05) is 63.0 Å². The molecule has 1 aliphatic carbocycles. The van der Waals surface area contributed by atoms with Crippen molar-refractivity contribution in [2.24, 2.45) is 0 Å². The molecule has 1 fully saturated rings. The minimum Gasteiger partial charge on any atom is -0.497 e. The van der Waals surface area contributed by atoms with E-state index in [1.54, 1.807) is 0 Å². The molecule has 6 rings (SSSR count). The molecule has 1 aromatic heterocycles. The lowest BCUT2D eigenvalue weighted by Crippen LogP contribution is -2.42. The Morgan fingerprint density at radius 1 is 1.05 bits per heavy atom. The van der Waals surface area contributed by atoms with E-state index in [0.29, 0.717) is 0 Å². The zero-order chi connectivity index (χ0) is 40.0. The van der Waals surface area contributed by atoms with Crippen LogP contribution in [0.5, 0.6) is 5.75 Å². The van der Waals surface area contributed by atoms with Gasteiger partial charge < -0.3 is 18.9 Å². The van der Waals surface area contributed by atoms with Crippen molar-refractivity contribution in [1.29, 1.82) is 0 Å². The molecule has 0 atom stereocenters. The highest BCUT2D eigenvalue weighted by Gasteiger charge is 2.31. The summed E-state index contributed by atoms with van der Waals surface area (Å²) in [4.78, 5) is 29.0. The number of amides is 2. The van der Waals surface area contributed by atoms with Crippen molar-refractivity contribution < 1.29 is 42.6 Å². The molecule has 0 saturated heterocycles. The zero-order valence-corrected chi connectivity index (χ0v) is 24.4. The Morgan fingerprint density at radius 3 is 2.63 bits per heavy atom.